The van der Waals surface area contributed by atoms with Crippen LogP contribution in [0, 0.1) is 15.9 Å². The minimum absolute atomic E-state index is 0.0751. The van der Waals surface area contributed by atoms with Gasteiger partial charge in [0, 0.05) is 18.7 Å². The Morgan fingerprint density at radius 2 is 1.79 bits per heavy atom. The summed E-state index contributed by atoms with van der Waals surface area (Å²) in [6, 6.07) is 10.4. The van der Waals surface area contributed by atoms with Gasteiger partial charge in [-0.05, 0) is 35.4 Å². The molecular formula is C19H15FN4O4. The van der Waals surface area contributed by atoms with Gasteiger partial charge in [-0.1, -0.05) is 12.1 Å². The summed E-state index contributed by atoms with van der Waals surface area (Å²) in [6.45, 7) is 0.497. The second kappa shape index (κ2) is 6.76. The fourth-order valence-corrected chi connectivity index (χ4v) is 3.40. The lowest BCUT2D eigenvalue weighted by Crippen LogP contribution is -2.44. The normalized spacial score (nSPS) is 18.6. The van der Waals surface area contributed by atoms with Crippen LogP contribution in [0.3, 0.4) is 0 Å². The van der Waals surface area contributed by atoms with Gasteiger partial charge in [0.2, 0.25) is 0 Å². The first-order valence-corrected chi connectivity index (χ1v) is 8.51. The van der Waals surface area contributed by atoms with Gasteiger partial charge in [0.15, 0.2) is 0 Å². The molecule has 1 unspecified atom stereocenters. The van der Waals surface area contributed by atoms with Gasteiger partial charge in [0.05, 0.1) is 28.8 Å². The molecule has 2 aromatic rings. The number of rotatable bonds is 4. The number of carbonyl (C=O) groups is 2. The van der Waals surface area contributed by atoms with Crippen LogP contribution in [0.4, 0.5) is 14.9 Å². The van der Waals surface area contributed by atoms with E-state index in [2.05, 4.69) is 10.6 Å². The van der Waals surface area contributed by atoms with E-state index in [1.807, 2.05) is 0 Å². The van der Waals surface area contributed by atoms with E-state index in [1.54, 1.807) is 17.0 Å². The molecule has 2 aromatic carbocycles. The van der Waals surface area contributed by atoms with E-state index in [1.165, 1.54) is 36.4 Å². The lowest BCUT2D eigenvalue weighted by atomic mass is 9.96. The largest absolute Gasteiger partial charge is 0.329 e. The number of benzene rings is 2. The van der Waals surface area contributed by atoms with E-state index in [4.69, 9.17) is 0 Å². The number of nitrogens with zero attached hydrogens (tertiary/aromatic N) is 2. The zero-order valence-corrected chi connectivity index (χ0v) is 14.5. The maximum atomic E-state index is 13.1. The summed E-state index contributed by atoms with van der Waals surface area (Å²) in [7, 11) is 0. The molecule has 0 bridgehead atoms. The minimum Gasteiger partial charge on any atom is -0.329 e. The number of halogens is 1. The lowest BCUT2D eigenvalue weighted by Gasteiger charge is -2.25. The molecule has 0 fully saturated rings. The highest BCUT2D eigenvalue weighted by atomic mass is 19.1. The number of urea groups is 1. The van der Waals surface area contributed by atoms with E-state index in [0.717, 1.165) is 5.56 Å². The number of nitrogens with one attached hydrogen (secondary N) is 2. The third-order valence-corrected chi connectivity index (χ3v) is 4.74. The summed E-state index contributed by atoms with van der Waals surface area (Å²) in [5, 5.41) is 16.2. The second-order valence-corrected chi connectivity index (χ2v) is 6.56. The van der Waals surface area contributed by atoms with Crippen molar-refractivity contribution >= 4 is 17.6 Å². The fourth-order valence-electron chi connectivity index (χ4n) is 3.40. The zero-order valence-electron chi connectivity index (χ0n) is 14.5. The Kier molecular flexibility index (Phi) is 4.26. The van der Waals surface area contributed by atoms with Crippen molar-refractivity contribution in [2.24, 2.45) is 0 Å². The fraction of sp³-hybridized carbons (Fsp3) is 0.158. The zero-order chi connectivity index (χ0) is 19.8. The van der Waals surface area contributed by atoms with Crippen LogP contribution in [-0.2, 0) is 11.3 Å². The number of hydrogen-bond acceptors (Lipinski definition) is 4. The van der Waals surface area contributed by atoms with Gasteiger partial charge in [0.1, 0.15) is 5.82 Å². The Balaban J connectivity index is 1.60. The Morgan fingerprint density at radius 1 is 1.11 bits per heavy atom. The van der Waals surface area contributed by atoms with E-state index in [9.17, 15) is 24.1 Å². The summed E-state index contributed by atoms with van der Waals surface area (Å²) >= 11 is 0. The van der Waals surface area contributed by atoms with Crippen LogP contribution in [-0.4, -0.2) is 28.3 Å². The molecule has 2 aliphatic rings. The second-order valence-electron chi connectivity index (χ2n) is 6.56. The van der Waals surface area contributed by atoms with Gasteiger partial charge < -0.3 is 15.5 Å². The summed E-state index contributed by atoms with van der Waals surface area (Å²) in [6.07, 6.45) is 0. The quantitative estimate of drug-likeness (QED) is 0.626. The number of carbonyl (C=O) groups excluding carboxylic acids is 2. The topological polar surface area (TPSA) is 105 Å². The molecule has 2 aliphatic heterocycles. The predicted molar refractivity (Wildman–Crippen MR) is 96.3 cm³/mol. The third kappa shape index (κ3) is 3.18. The molecule has 3 amide bonds. The number of nitro groups is 1. The van der Waals surface area contributed by atoms with Crippen molar-refractivity contribution < 1.29 is 18.9 Å². The summed E-state index contributed by atoms with van der Waals surface area (Å²) in [5.74, 6) is -0.612. The first kappa shape index (κ1) is 17.7. The number of amides is 3. The van der Waals surface area contributed by atoms with Crippen LogP contribution in [0.1, 0.15) is 17.2 Å². The lowest BCUT2D eigenvalue weighted by molar-refractivity contribution is -0.384. The van der Waals surface area contributed by atoms with Crippen LogP contribution in [0.25, 0.3) is 0 Å². The molecule has 0 radical (unpaired) electrons. The average molecular weight is 382 g/mol. The molecule has 142 valence electrons. The van der Waals surface area contributed by atoms with Crippen molar-refractivity contribution in [3.63, 3.8) is 0 Å². The van der Waals surface area contributed by atoms with Crippen molar-refractivity contribution in [1.82, 2.24) is 15.5 Å². The van der Waals surface area contributed by atoms with Gasteiger partial charge >= 0.3 is 6.03 Å². The van der Waals surface area contributed by atoms with Gasteiger partial charge in [-0.15, -0.1) is 0 Å². The molecule has 9 heteroatoms. The summed E-state index contributed by atoms with van der Waals surface area (Å²) in [5.41, 5.74) is 2.16. The van der Waals surface area contributed by atoms with Crippen LogP contribution in [0.15, 0.2) is 59.8 Å². The highest BCUT2D eigenvalue weighted by Crippen LogP contribution is 2.33. The first-order valence-electron chi connectivity index (χ1n) is 8.51. The third-order valence-electron chi connectivity index (χ3n) is 4.74. The monoisotopic (exact) mass is 382 g/mol. The van der Waals surface area contributed by atoms with Crippen LogP contribution in [0.2, 0.25) is 0 Å². The van der Waals surface area contributed by atoms with Crippen LogP contribution < -0.4 is 10.6 Å². The molecule has 8 nitrogen and oxygen atoms in total. The van der Waals surface area contributed by atoms with E-state index >= 15 is 0 Å². The molecule has 28 heavy (non-hydrogen) atoms. The minimum atomic E-state index is -0.699. The number of non-ortho nitro benzene ring substituents is 1. The SMILES string of the molecule is O=C1NC2=C(C(=O)N(Cc3ccc(F)cc3)C2)C(c2ccc([N+](=O)[O-])cc2)N1. The van der Waals surface area contributed by atoms with Crippen molar-refractivity contribution in [3.05, 3.63) is 86.9 Å². The Bertz CT molecular complexity index is 1000. The van der Waals surface area contributed by atoms with Crippen LogP contribution >= 0.6 is 0 Å². The van der Waals surface area contributed by atoms with Gasteiger partial charge in [0.25, 0.3) is 11.6 Å². The average Bonchev–Trinajstić information content (AvgIpc) is 2.98. The van der Waals surface area contributed by atoms with Crippen LogP contribution in [0.5, 0.6) is 0 Å². The maximum Gasteiger partial charge on any atom is 0.319 e. The highest BCUT2D eigenvalue weighted by molar-refractivity contribution is 6.01. The summed E-state index contributed by atoms with van der Waals surface area (Å²) in [4.78, 5) is 36.9. The van der Waals surface area contributed by atoms with Gasteiger partial charge in [-0.2, -0.15) is 0 Å². The standard InChI is InChI=1S/C19H15FN4O4/c20-13-5-1-11(2-6-13)9-23-10-15-16(18(23)25)17(22-19(26)21-15)12-3-7-14(8-4-12)24(27)28/h1-8,17H,9-10H2,(H2,21,22,26). The van der Waals surface area contributed by atoms with E-state index in [0.29, 0.717) is 16.8 Å². The first-order chi connectivity index (χ1) is 13.4. The van der Waals surface area contributed by atoms with Crippen molar-refractivity contribution in [1.29, 1.82) is 0 Å². The van der Waals surface area contributed by atoms with Gasteiger partial charge in [-0.3, -0.25) is 14.9 Å². The molecule has 1 atom stereocenters. The molecule has 0 spiro atoms. The maximum absolute atomic E-state index is 13.1. The molecule has 2 heterocycles. The molecule has 0 aromatic heterocycles. The van der Waals surface area contributed by atoms with E-state index < -0.39 is 17.0 Å². The Labute approximate surface area is 158 Å². The molecule has 2 N–H and O–H groups in total. The smallest absolute Gasteiger partial charge is 0.319 e. The molecule has 4 rings (SSSR count). The molecular weight excluding hydrogens is 367 g/mol. The Hall–Kier alpha value is -3.75. The van der Waals surface area contributed by atoms with Gasteiger partial charge in [-0.25, -0.2) is 9.18 Å². The number of hydrogen-bond donors (Lipinski definition) is 2. The predicted octanol–water partition coefficient (Wildman–Crippen LogP) is 2.38. The van der Waals surface area contributed by atoms with Crippen molar-refractivity contribution in [2.45, 2.75) is 12.6 Å². The highest BCUT2D eigenvalue weighted by Gasteiger charge is 2.40. The van der Waals surface area contributed by atoms with Crippen molar-refractivity contribution in [3.8, 4) is 0 Å². The van der Waals surface area contributed by atoms with E-state index in [-0.39, 0.29) is 30.5 Å². The number of nitro benzene ring substituents is 1. The Morgan fingerprint density at radius 3 is 2.43 bits per heavy atom. The molecule has 0 saturated heterocycles. The van der Waals surface area contributed by atoms with Crippen molar-refractivity contribution in [2.75, 3.05) is 6.54 Å². The molecule has 0 aliphatic carbocycles. The molecule has 0 saturated carbocycles. The summed E-state index contributed by atoms with van der Waals surface area (Å²) < 4.78 is 13.1.